The summed E-state index contributed by atoms with van der Waals surface area (Å²) in [5.41, 5.74) is 3.07. The summed E-state index contributed by atoms with van der Waals surface area (Å²) in [4.78, 5) is 23.8. The molecule has 0 spiro atoms. The number of carbonyl (C=O) groups excluding carboxylic acids is 1. The summed E-state index contributed by atoms with van der Waals surface area (Å²) in [5, 5.41) is 12.0. The Morgan fingerprint density at radius 2 is 1.90 bits per heavy atom. The van der Waals surface area contributed by atoms with E-state index in [9.17, 15) is 9.59 Å². The van der Waals surface area contributed by atoms with Crippen LogP contribution < -0.4 is 10.1 Å². The minimum Gasteiger partial charge on any atom is -0.481 e. The van der Waals surface area contributed by atoms with E-state index in [0.717, 1.165) is 42.7 Å². The average Bonchev–Trinajstić information content (AvgIpc) is 3.20. The third-order valence-corrected chi connectivity index (χ3v) is 5.16. The molecule has 0 aromatic heterocycles. The van der Waals surface area contributed by atoms with Gasteiger partial charge in [-0.1, -0.05) is 30.3 Å². The largest absolute Gasteiger partial charge is 0.481 e. The molecule has 1 heterocycles. The van der Waals surface area contributed by atoms with E-state index in [1.165, 1.54) is 0 Å². The van der Waals surface area contributed by atoms with Crippen LogP contribution in [0.4, 0.5) is 0 Å². The van der Waals surface area contributed by atoms with Crippen LogP contribution in [0.3, 0.4) is 0 Å². The summed E-state index contributed by atoms with van der Waals surface area (Å²) in [7, 11) is 0. The smallest absolute Gasteiger partial charge is 0.341 e. The Morgan fingerprint density at radius 1 is 1.21 bits per heavy atom. The molecule has 2 aromatic rings. The van der Waals surface area contributed by atoms with Crippen molar-refractivity contribution in [1.29, 1.82) is 0 Å². The Labute approximate surface area is 170 Å². The first-order chi connectivity index (χ1) is 13.9. The topological polar surface area (TPSA) is 84.9 Å². The molecule has 2 atom stereocenters. The van der Waals surface area contributed by atoms with E-state index >= 15 is 0 Å². The monoisotopic (exact) mass is 397 g/mol. The second-order valence-electron chi connectivity index (χ2n) is 7.52. The minimum atomic E-state index is -1.03. The van der Waals surface area contributed by atoms with Crippen LogP contribution >= 0.6 is 0 Å². The number of ether oxygens (including phenoxy) is 2. The standard InChI is InChI=1S/C23H27NO5/c1-15-10-19(11-16(2)22(15)29-14-21(25)26)23(27)24-20(12-17-8-9-28-13-17)18-6-4-3-5-7-18/h3-7,10-11,17,20H,8-9,12-14H2,1-2H3,(H,24,27)(H,25,26). The van der Waals surface area contributed by atoms with Gasteiger partial charge in [-0.25, -0.2) is 4.79 Å². The van der Waals surface area contributed by atoms with E-state index in [-0.39, 0.29) is 11.9 Å². The number of carbonyl (C=O) groups is 2. The van der Waals surface area contributed by atoms with Crippen molar-refractivity contribution >= 4 is 11.9 Å². The van der Waals surface area contributed by atoms with E-state index in [1.54, 1.807) is 12.1 Å². The Morgan fingerprint density at radius 3 is 2.48 bits per heavy atom. The molecule has 1 aliphatic rings. The maximum absolute atomic E-state index is 13.0. The van der Waals surface area contributed by atoms with Crippen molar-refractivity contribution in [2.75, 3.05) is 19.8 Å². The Balaban J connectivity index is 1.77. The number of aliphatic carboxylic acids is 1. The average molecular weight is 397 g/mol. The molecule has 0 aliphatic carbocycles. The predicted octanol–water partition coefficient (Wildman–Crippen LogP) is 3.66. The van der Waals surface area contributed by atoms with Gasteiger partial charge in [-0.15, -0.1) is 0 Å². The van der Waals surface area contributed by atoms with Crippen molar-refractivity contribution in [2.45, 2.75) is 32.7 Å². The first-order valence-electron chi connectivity index (χ1n) is 9.83. The molecule has 154 valence electrons. The Hall–Kier alpha value is -2.86. The molecule has 2 N–H and O–H groups in total. The van der Waals surface area contributed by atoms with Crippen molar-refractivity contribution in [3.05, 3.63) is 64.7 Å². The van der Waals surface area contributed by atoms with Gasteiger partial charge in [0.25, 0.3) is 5.91 Å². The van der Waals surface area contributed by atoms with Gasteiger partial charge in [0.15, 0.2) is 6.61 Å². The number of hydrogen-bond acceptors (Lipinski definition) is 4. The molecule has 1 amide bonds. The third-order valence-electron chi connectivity index (χ3n) is 5.16. The fourth-order valence-electron chi connectivity index (χ4n) is 3.75. The lowest BCUT2D eigenvalue weighted by Crippen LogP contribution is -2.30. The molecule has 1 fully saturated rings. The summed E-state index contributed by atoms with van der Waals surface area (Å²) in [6.45, 7) is 4.72. The van der Waals surface area contributed by atoms with Gasteiger partial charge < -0.3 is 19.9 Å². The molecule has 2 unspecified atom stereocenters. The zero-order valence-electron chi connectivity index (χ0n) is 16.8. The van der Waals surface area contributed by atoms with E-state index in [4.69, 9.17) is 14.6 Å². The summed E-state index contributed by atoms with van der Waals surface area (Å²) >= 11 is 0. The maximum atomic E-state index is 13.0. The number of rotatable bonds is 8. The number of carboxylic acids is 1. The second-order valence-corrected chi connectivity index (χ2v) is 7.52. The van der Waals surface area contributed by atoms with Gasteiger partial charge in [0.05, 0.1) is 6.04 Å². The molecule has 6 nitrogen and oxygen atoms in total. The highest BCUT2D eigenvalue weighted by Gasteiger charge is 2.24. The lowest BCUT2D eigenvalue weighted by atomic mass is 9.93. The molecule has 0 bridgehead atoms. The van der Waals surface area contributed by atoms with Gasteiger partial charge in [0.1, 0.15) is 5.75 Å². The Bertz CT molecular complexity index is 836. The van der Waals surface area contributed by atoms with Crippen molar-refractivity contribution in [2.24, 2.45) is 5.92 Å². The lowest BCUT2D eigenvalue weighted by Gasteiger charge is -2.22. The van der Waals surface area contributed by atoms with Gasteiger partial charge in [-0.05, 0) is 61.4 Å². The number of aryl methyl sites for hydroxylation is 2. The zero-order valence-corrected chi connectivity index (χ0v) is 16.8. The third kappa shape index (κ3) is 5.57. The highest BCUT2D eigenvalue weighted by molar-refractivity contribution is 5.95. The molecular weight excluding hydrogens is 370 g/mol. The van der Waals surface area contributed by atoms with Crippen LogP contribution in [0.1, 0.15) is 45.9 Å². The van der Waals surface area contributed by atoms with Crippen LogP contribution in [0.25, 0.3) is 0 Å². The minimum absolute atomic E-state index is 0.0982. The summed E-state index contributed by atoms with van der Waals surface area (Å²) in [6, 6.07) is 13.3. The predicted molar refractivity (Wildman–Crippen MR) is 109 cm³/mol. The van der Waals surface area contributed by atoms with E-state index in [0.29, 0.717) is 17.2 Å². The fourth-order valence-corrected chi connectivity index (χ4v) is 3.75. The molecule has 3 rings (SSSR count). The molecule has 2 aromatic carbocycles. The van der Waals surface area contributed by atoms with Crippen LogP contribution in [0.15, 0.2) is 42.5 Å². The molecule has 1 saturated heterocycles. The van der Waals surface area contributed by atoms with Crippen LogP contribution in [-0.2, 0) is 9.53 Å². The van der Waals surface area contributed by atoms with E-state index in [1.807, 2.05) is 44.2 Å². The zero-order chi connectivity index (χ0) is 20.8. The second kappa shape index (κ2) is 9.56. The van der Waals surface area contributed by atoms with Gasteiger partial charge in [-0.2, -0.15) is 0 Å². The first kappa shape index (κ1) is 20.9. The van der Waals surface area contributed by atoms with Crippen molar-refractivity contribution in [3.63, 3.8) is 0 Å². The highest BCUT2D eigenvalue weighted by atomic mass is 16.5. The van der Waals surface area contributed by atoms with Crippen molar-refractivity contribution in [3.8, 4) is 5.75 Å². The summed E-state index contributed by atoms with van der Waals surface area (Å²) in [6.07, 6.45) is 1.83. The highest BCUT2D eigenvalue weighted by Crippen LogP contribution is 2.28. The SMILES string of the molecule is Cc1cc(C(=O)NC(CC2CCOC2)c2ccccc2)cc(C)c1OCC(=O)O. The molecule has 1 aliphatic heterocycles. The molecule has 0 radical (unpaired) electrons. The fraction of sp³-hybridized carbons (Fsp3) is 0.391. The van der Waals surface area contributed by atoms with Crippen LogP contribution in [0.5, 0.6) is 5.75 Å². The molecule has 29 heavy (non-hydrogen) atoms. The molecular formula is C23H27NO5. The van der Waals surface area contributed by atoms with Crippen LogP contribution in [0, 0.1) is 19.8 Å². The maximum Gasteiger partial charge on any atom is 0.341 e. The number of amides is 1. The van der Waals surface area contributed by atoms with Crippen LogP contribution in [-0.4, -0.2) is 36.8 Å². The molecule has 6 heteroatoms. The van der Waals surface area contributed by atoms with Crippen molar-refractivity contribution < 1.29 is 24.2 Å². The normalized spacial score (nSPS) is 17.0. The van der Waals surface area contributed by atoms with E-state index in [2.05, 4.69) is 5.32 Å². The Kier molecular flexibility index (Phi) is 6.88. The first-order valence-corrected chi connectivity index (χ1v) is 9.83. The lowest BCUT2D eigenvalue weighted by molar-refractivity contribution is -0.139. The van der Waals surface area contributed by atoms with Crippen molar-refractivity contribution in [1.82, 2.24) is 5.32 Å². The number of carboxylic acid groups (broad SMARTS) is 1. The van der Waals surface area contributed by atoms with Gasteiger partial charge in [0.2, 0.25) is 0 Å². The van der Waals surface area contributed by atoms with E-state index < -0.39 is 12.6 Å². The summed E-state index contributed by atoms with van der Waals surface area (Å²) < 4.78 is 10.9. The number of nitrogens with one attached hydrogen (secondary N) is 1. The van der Waals surface area contributed by atoms with Gasteiger partial charge in [0, 0.05) is 18.8 Å². The van der Waals surface area contributed by atoms with Crippen LogP contribution in [0.2, 0.25) is 0 Å². The number of hydrogen-bond donors (Lipinski definition) is 2. The number of benzene rings is 2. The summed E-state index contributed by atoms with van der Waals surface area (Å²) in [5.74, 6) is -0.261. The van der Waals surface area contributed by atoms with Gasteiger partial charge >= 0.3 is 5.97 Å². The quantitative estimate of drug-likeness (QED) is 0.710. The molecule has 0 saturated carbocycles. The van der Waals surface area contributed by atoms with Gasteiger partial charge in [-0.3, -0.25) is 4.79 Å².